The average molecular weight is 368 g/mol. The van der Waals surface area contributed by atoms with Crippen molar-refractivity contribution in [2.75, 3.05) is 18.5 Å². The SMILES string of the molecule is O=C(Nc1cccc(C(F)(F)F)c1)N(Cc1ccco1)CC1CCCO1. The number of amides is 2. The standard InChI is InChI=1S/C18H19F3N2O3/c19-18(20,21)13-4-1-5-14(10-13)22-17(24)23(11-15-6-2-8-25-15)12-16-7-3-9-26-16/h1-2,4-6,8,10,16H,3,7,9,11-12H2,(H,22,24). The maximum absolute atomic E-state index is 12.8. The molecule has 1 saturated heterocycles. The van der Waals surface area contributed by atoms with Gasteiger partial charge in [-0.1, -0.05) is 6.07 Å². The Morgan fingerprint density at radius 3 is 2.77 bits per heavy atom. The average Bonchev–Trinajstić information content (AvgIpc) is 3.27. The highest BCUT2D eigenvalue weighted by atomic mass is 19.4. The van der Waals surface area contributed by atoms with Gasteiger partial charge in [0.05, 0.1) is 24.5 Å². The van der Waals surface area contributed by atoms with Gasteiger partial charge in [0.15, 0.2) is 0 Å². The first-order valence-corrected chi connectivity index (χ1v) is 8.29. The normalized spacial score (nSPS) is 17.3. The van der Waals surface area contributed by atoms with Crippen LogP contribution in [-0.2, 0) is 17.5 Å². The second-order valence-corrected chi connectivity index (χ2v) is 6.10. The Morgan fingerprint density at radius 1 is 1.27 bits per heavy atom. The van der Waals surface area contributed by atoms with Crippen LogP contribution in [0, 0.1) is 0 Å². The van der Waals surface area contributed by atoms with Crippen molar-refractivity contribution < 1.29 is 27.1 Å². The van der Waals surface area contributed by atoms with Crippen molar-refractivity contribution in [1.82, 2.24) is 4.90 Å². The molecule has 2 aromatic rings. The molecule has 1 atom stereocenters. The third-order valence-corrected chi connectivity index (χ3v) is 4.10. The van der Waals surface area contributed by atoms with Crippen LogP contribution in [-0.4, -0.2) is 30.2 Å². The van der Waals surface area contributed by atoms with E-state index < -0.39 is 17.8 Å². The minimum atomic E-state index is -4.47. The third kappa shape index (κ3) is 4.78. The minimum absolute atomic E-state index is 0.0848. The number of hydrogen-bond acceptors (Lipinski definition) is 3. The number of hydrogen-bond donors (Lipinski definition) is 1. The highest BCUT2D eigenvalue weighted by Gasteiger charge is 2.31. The zero-order valence-electron chi connectivity index (χ0n) is 14.0. The van der Waals surface area contributed by atoms with Crippen LogP contribution in [0.5, 0.6) is 0 Å². The largest absolute Gasteiger partial charge is 0.467 e. The van der Waals surface area contributed by atoms with E-state index in [0.717, 1.165) is 25.0 Å². The van der Waals surface area contributed by atoms with Gasteiger partial charge < -0.3 is 19.4 Å². The van der Waals surface area contributed by atoms with E-state index in [1.165, 1.54) is 23.3 Å². The van der Waals surface area contributed by atoms with Gasteiger partial charge in [0.25, 0.3) is 0 Å². The predicted molar refractivity (Wildman–Crippen MR) is 88.6 cm³/mol. The molecule has 0 saturated carbocycles. The van der Waals surface area contributed by atoms with Crippen LogP contribution in [0.3, 0.4) is 0 Å². The maximum atomic E-state index is 12.8. The van der Waals surface area contributed by atoms with E-state index >= 15 is 0 Å². The Morgan fingerprint density at radius 2 is 2.12 bits per heavy atom. The van der Waals surface area contributed by atoms with Crippen molar-refractivity contribution in [3.8, 4) is 0 Å². The zero-order chi connectivity index (χ0) is 18.6. The monoisotopic (exact) mass is 368 g/mol. The Labute approximate surface area is 148 Å². The van der Waals surface area contributed by atoms with Crippen molar-refractivity contribution in [3.63, 3.8) is 0 Å². The lowest BCUT2D eigenvalue weighted by Crippen LogP contribution is -2.39. The lowest BCUT2D eigenvalue weighted by Gasteiger charge is -2.25. The van der Waals surface area contributed by atoms with Crippen LogP contribution in [0.15, 0.2) is 47.1 Å². The molecule has 2 amide bonds. The minimum Gasteiger partial charge on any atom is -0.467 e. The molecule has 1 aliphatic heterocycles. The molecule has 1 N–H and O–H groups in total. The molecule has 0 spiro atoms. The number of alkyl halides is 3. The fourth-order valence-electron chi connectivity index (χ4n) is 2.82. The summed E-state index contributed by atoms with van der Waals surface area (Å²) in [5.41, 5.74) is -0.728. The van der Waals surface area contributed by atoms with Gasteiger partial charge in [-0.2, -0.15) is 13.2 Å². The predicted octanol–water partition coefficient (Wildman–Crippen LogP) is 4.51. The number of anilines is 1. The van der Waals surface area contributed by atoms with Crippen LogP contribution in [0.1, 0.15) is 24.2 Å². The molecule has 3 rings (SSSR count). The molecular formula is C18H19F3N2O3. The lowest BCUT2D eigenvalue weighted by molar-refractivity contribution is -0.137. The molecule has 5 nitrogen and oxygen atoms in total. The topological polar surface area (TPSA) is 54.7 Å². The van der Waals surface area contributed by atoms with E-state index in [1.807, 2.05) is 0 Å². The maximum Gasteiger partial charge on any atom is 0.416 e. The molecule has 1 aromatic heterocycles. The molecule has 8 heteroatoms. The van der Waals surface area contributed by atoms with E-state index in [2.05, 4.69) is 5.32 Å². The van der Waals surface area contributed by atoms with Crippen molar-refractivity contribution >= 4 is 11.7 Å². The Balaban J connectivity index is 1.72. The Bertz CT molecular complexity index is 726. The second kappa shape index (κ2) is 7.82. The van der Waals surface area contributed by atoms with Gasteiger partial charge in [-0.3, -0.25) is 0 Å². The number of carbonyl (C=O) groups is 1. The number of urea groups is 1. The van der Waals surface area contributed by atoms with Gasteiger partial charge in [-0.25, -0.2) is 4.79 Å². The van der Waals surface area contributed by atoms with Crippen molar-refractivity contribution in [1.29, 1.82) is 0 Å². The summed E-state index contributed by atoms with van der Waals surface area (Å²) in [6.07, 6.45) is -1.28. The van der Waals surface area contributed by atoms with Crippen LogP contribution >= 0.6 is 0 Å². The van der Waals surface area contributed by atoms with Crippen LogP contribution in [0.25, 0.3) is 0 Å². The van der Waals surface area contributed by atoms with E-state index in [1.54, 1.807) is 12.1 Å². The summed E-state index contributed by atoms with van der Waals surface area (Å²) >= 11 is 0. The van der Waals surface area contributed by atoms with Crippen LogP contribution in [0.4, 0.5) is 23.7 Å². The molecule has 0 radical (unpaired) electrons. The summed E-state index contributed by atoms with van der Waals surface area (Å²) < 4.78 is 49.4. The molecule has 1 fully saturated rings. The van der Waals surface area contributed by atoms with E-state index in [-0.39, 0.29) is 18.3 Å². The first-order valence-electron chi connectivity index (χ1n) is 8.29. The molecule has 2 heterocycles. The van der Waals surface area contributed by atoms with Gasteiger partial charge >= 0.3 is 12.2 Å². The number of furan rings is 1. The molecule has 1 aromatic carbocycles. The number of ether oxygens (including phenoxy) is 1. The van der Waals surface area contributed by atoms with Gasteiger partial charge in [0.1, 0.15) is 5.76 Å². The molecule has 1 unspecified atom stereocenters. The van der Waals surface area contributed by atoms with Gasteiger partial charge in [0, 0.05) is 18.8 Å². The quantitative estimate of drug-likeness (QED) is 0.845. The Kier molecular flexibility index (Phi) is 5.51. The zero-order valence-corrected chi connectivity index (χ0v) is 14.0. The number of carbonyl (C=O) groups excluding carboxylic acids is 1. The molecular weight excluding hydrogens is 349 g/mol. The first-order chi connectivity index (χ1) is 12.4. The highest BCUT2D eigenvalue weighted by Crippen LogP contribution is 2.30. The van der Waals surface area contributed by atoms with Crippen LogP contribution < -0.4 is 5.32 Å². The van der Waals surface area contributed by atoms with E-state index in [4.69, 9.17) is 9.15 Å². The van der Waals surface area contributed by atoms with Gasteiger partial charge in [-0.05, 0) is 43.2 Å². The second-order valence-electron chi connectivity index (χ2n) is 6.10. The fraction of sp³-hybridized carbons (Fsp3) is 0.389. The van der Waals surface area contributed by atoms with Crippen molar-refractivity contribution in [2.24, 2.45) is 0 Å². The number of rotatable bonds is 5. The molecule has 0 bridgehead atoms. The van der Waals surface area contributed by atoms with Crippen molar-refractivity contribution in [2.45, 2.75) is 31.7 Å². The number of benzene rings is 1. The molecule has 0 aliphatic carbocycles. The third-order valence-electron chi connectivity index (χ3n) is 4.10. The number of halogens is 3. The van der Waals surface area contributed by atoms with Gasteiger partial charge in [0.2, 0.25) is 0 Å². The van der Waals surface area contributed by atoms with E-state index in [0.29, 0.717) is 18.9 Å². The molecule has 140 valence electrons. The van der Waals surface area contributed by atoms with Crippen LogP contribution in [0.2, 0.25) is 0 Å². The summed E-state index contributed by atoms with van der Waals surface area (Å²) in [6, 6.07) is 7.50. The van der Waals surface area contributed by atoms with Gasteiger partial charge in [-0.15, -0.1) is 0 Å². The fourth-order valence-corrected chi connectivity index (χ4v) is 2.82. The summed E-state index contributed by atoms with van der Waals surface area (Å²) in [5.74, 6) is 0.585. The number of nitrogens with zero attached hydrogens (tertiary/aromatic N) is 1. The van der Waals surface area contributed by atoms with E-state index in [9.17, 15) is 18.0 Å². The summed E-state index contributed by atoms with van der Waals surface area (Å²) in [7, 11) is 0. The summed E-state index contributed by atoms with van der Waals surface area (Å²) in [6.45, 7) is 1.19. The lowest BCUT2D eigenvalue weighted by atomic mass is 10.2. The molecule has 1 aliphatic rings. The number of nitrogens with one attached hydrogen (secondary N) is 1. The highest BCUT2D eigenvalue weighted by molar-refractivity contribution is 5.89. The Hall–Kier alpha value is -2.48. The summed E-state index contributed by atoms with van der Waals surface area (Å²) in [4.78, 5) is 14.1. The first kappa shape index (κ1) is 18.3. The summed E-state index contributed by atoms with van der Waals surface area (Å²) in [5, 5.41) is 2.53. The molecule has 26 heavy (non-hydrogen) atoms. The van der Waals surface area contributed by atoms with Crippen molar-refractivity contribution in [3.05, 3.63) is 54.0 Å². The smallest absolute Gasteiger partial charge is 0.416 e.